The molecule has 0 saturated heterocycles. The van der Waals surface area contributed by atoms with E-state index in [1.54, 1.807) is 19.1 Å². The van der Waals surface area contributed by atoms with Crippen molar-refractivity contribution in [3.63, 3.8) is 0 Å². The van der Waals surface area contributed by atoms with E-state index in [1.807, 2.05) is 24.3 Å². The number of nitrogens with one attached hydrogen (secondary N) is 2. The van der Waals surface area contributed by atoms with Crippen LogP contribution in [0.1, 0.15) is 42.6 Å². The summed E-state index contributed by atoms with van der Waals surface area (Å²) in [5, 5.41) is 0. The second-order valence-corrected chi connectivity index (χ2v) is 6.50. The molecular formula is C21H26N2O5. The Balaban J connectivity index is 1.91. The van der Waals surface area contributed by atoms with Crippen molar-refractivity contribution in [2.75, 3.05) is 14.2 Å². The minimum Gasteiger partial charge on any atom is -0.493 e. The first-order valence-corrected chi connectivity index (χ1v) is 8.94. The summed E-state index contributed by atoms with van der Waals surface area (Å²) in [5.41, 5.74) is 6.23. The molecule has 0 unspecified atom stereocenters. The molecule has 0 radical (unpaired) electrons. The SMILES string of the molecule is COc1ccc(C(=O)NNC(=O)[C@H](C)Oc2ccc(C(C)C)cc2)cc1OC. The maximum Gasteiger partial charge on any atom is 0.279 e. The van der Waals surface area contributed by atoms with E-state index in [0.717, 1.165) is 0 Å². The lowest BCUT2D eigenvalue weighted by atomic mass is 10.0. The summed E-state index contributed by atoms with van der Waals surface area (Å²) in [7, 11) is 2.99. The zero-order valence-electron chi connectivity index (χ0n) is 16.7. The fourth-order valence-electron chi connectivity index (χ4n) is 2.46. The van der Waals surface area contributed by atoms with Crippen LogP contribution in [0.15, 0.2) is 42.5 Å². The molecule has 2 aromatic rings. The topological polar surface area (TPSA) is 85.9 Å². The van der Waals surface area contributed by atoms with Gasteiger partial charge in [-0.15, -0.1) is 0 Å². The van der Waals surface area contributed by atoms with Crippen molar-refractivity contribution in [2.45, 2.75) is 32.8 Å². The van der Waals surface area contributed by atoms with Crippen molar-refractivity contribution in [1.82, 2.24) is 10.9 Å². The van der Waals surface area contributed by atoms with Crippen molar-refractivity contribution < 1.29 is 23.8 Å². The minimum atomic E-state index is -0.782. The molecule has 150 valence electrons. The van der Waals surface area contributed by atoms with Crippen LogP contribution in [0.4, 0.5) is 0 Å². The molecule has 0 saturated carbocycles. The molecule has 2 rings (SSSR count). The van der Waals surface area contributed by atoms with Crippen LogP contribution in [-0.4, -0.2) is 32.1 Å². The standard InChI is InChI=1S/C21H26N2O5/c1-13(2)15-6-9-17(10-7-15)28-14(3)20(24)22-23-21(25)16-8-11-18(26-4)19(12-16)27-5/h6-14H,1-5H3,(H,22,24)(H,23,25)/t14-/m0/s1. The average molecular weight is 386 g/mol. The Hall–Kier alpha value is -3.22. The molecule has 2 amide bonds. The van der Waals surface area contributed by atoms with E-state index in [-0.39, 0.29) is 0 Å². The highest BCUT2D eigenvalue weighted by Crippen LogP contribution is 2.27. The van der Waals surface area contributed by atoms with Crippen molar-refractivity contribution in [2.24, 2.45) is 0 Å². The van der Waals surface area contributed by atoms with Gasteiger partial charge in [0.15, 0.2) is 17.6 Å². The molecule has 28 heavy (non-hydrogen) atoms. The highest BCUT2D eigenvalue weighted by molar-refractivity contribution is 5.96. The van der Waals surface area contributed by atoms with Crippen LogP contribution >= 0.6 is 0 Å². The smallest absolute Gasteiger partial charge is 0.279 e. The fourth-order valence-corrected chi connectivity index (χ4v) is 2.46. The Labute approximate surface area is 165 Å². The summed E-state index contributed by atoms with van der Waals surface area (Å²) in [6.45, 7) is 5.81. The third kappa shape index (κ3) is 5.39. The van der Waals surface area contributed by atoms with E-state index in [4.69, 9.17) is 14.2 Å². The number of methoxy groups -OCH3 is 2. The molecule has 2 N–H and O–H groups in total. The normalized spacial score (nSPS) is 11.5. The minimum absolute atomic E-state index is 0.316. The van der Waals surface area contributed by atoms with Gasteiger partial charge in [0, 0.05) is 5.56 Å². The Bertz CT molecular complexity index is 818. The monoisotopic (exact) mass is 386 g/mol. The van der Waals surface area contributed by atoms with Gasteiger partial charge in [-0.1, -0.05) is 26.0 Å². The molecule has 0 aliphatic carbocycles. The molecule has 0 spiro atoms. The van der Waals surface area contributed by atoms with Gasteiger partial charge in [-0.05, 0) is 48.7 Å². The van der Waals surface area contributed by atoms with Gasteiger partial charge in [-0.25, -0.2) is 0 Å². The highest BCUT2D eigenvalue weighted by Gasteiger charge is 2.17. The summed E-state index contributed by atoms with van der Waals surface area (Å²) in [5.74, 6) is 0.973. The Morgan fingerprint density at radius 1 is 0.857 bits per heavy atom. The molecule has 0 fully saturated rings. The Morgan fingerprint density at radius 2 is 1.50 bits per heavy atom. The van der Waals surface area contributed by atoms with Gasteiger partial charge in [0.1, 0.15) is 5.75 Å². The number of hydrogen-bond donors (Lipinski definition) is 2. The maximum absolute atomic E-state index is 12.2. The number of rotatable bonds is 7. The molecule has 7 heteroatoms. The maximum atomic E-state index is 12.2. The first kappa shape index (κ1) is 21.1. The predicted octanol–water partition coefficient (Wildman–Crippen LogP) is 3.06. The Morgan fingerprint density at radius 3 is 2.07 bits per heavy atom. The molecule has 0 bridgehead atoms. The lowest BCUT2D eigenvalue weighted by molar-refractivity contribution is -0.128. The van der Waals surface area contributed by atoms with Crippen molar-refractivity contribution >= 4 is 11.8 Å². The van der Waals surface area contributed by atoms with E-state index in [1.165, 1.54) is 25.8 Å². The van der Waals surface area contributed by atoms with Crippen LogP contribution in [0.3, 0.4) is 0 Å². The second kappa shape index (κ2) is 9.64. The average Bonchev–Trinajstić information content (AvgIpc) is 2.71. The number of benzene rings is 2. The number of hydrogen-bond acceptors (Lipinski definition) is 5. The van der Waals surface area contributed by atoms with Crippen molar-refractivity contribution in [3.05, 3.63) is 53.6 Å². The van der Waals surface area contributed by atoms with Gasteiger partial charge in [0.2, 0.25) is 0 Å². The fraction of sp³-hybridized carbons (Fsp3) is 0.333. The van der Waals surface area contributed by atoms with Gasteiger partial charge in [-0.2, -0.15) is 0 Å². The quantitative estimate of drug-likeness (QED) is 0.715. The zero-order chi connectivity index (χ0) is 20.7. The van der Waals surface area contributed by atoms with Gasteiger partial charge in [-0.3, -0.25) is 20.4 Å². The first-order chi connectivity index (χ1) is 13.3. The lowest BCUT2D eigenvalue weighted by Crippen LogP contribution is -2.47. The Kier molecular flexibility index (Phi) is 7.26. The van der Waals surface area contributed by atoms with E-state index >= 15 is 0 Å². The third-order valence-electron chi connectivity index (χ3n) is 4.17. The van der Waals surface area contributed by atoms with E-state index in [0.29, 0.717) is 28.7 Å². The zero-order valence-corrected chi connectivity index (χ0v) is 16.7. The molecule has 0 aromatic heterocycles. The lowest BCUT2D eigenvalue weighted by Gasteiger charge is -2.16. The molecule has 2 aromatic carbocycles. The summed E-state index contributed by atoms with van der Waals surface area (Å²) in [4.78, 5) is 24.4. The van der Waals surface area contributed by atoms with Gasteiger partial charge >= 0.3 is 0 Å². The third-order valence-corrected chi connectivity index (χ3v) is 4.17. The van der Waals surface area contributed by atoms with E-state index < -0.39 is 17.9 Å². The second-order valence-electron chi connectivity index (χ2n) is 6.50. The highest BCUT2D eigenvalue weighted by atomic mass is 16.5. The predicted molar refractivity (Wildman–Crippen MR) is 106 cm³/mol. The van der Waals surface area contributed by atoms with Crippen LogP contribution in [0.25, 0.3) is 0 Å². The molecule has 7 nitrogen and oxygen atoms in total. The van der Waals surface area contributed by atoms with Gasteiger partial charge in [0.05, 0.1) is 14.2 Å². The molecular weight excluding hydrogens is 360 g/mol. The number of carbonyl (C=O) groups excluding carboxylic acids is 2. The van der Waals surface area contributed by atoms with Gasteiger partial charge < -0.3 is 14.2 Å². The van der Waals surface area contributed by atoms with Crippen LogP contribution in [-0.2, 0) is 4.79 Å². The summed E-state index contributed by atoms with van der Waals surface area (Å²) < 4.78 is 15.9. The number of amides is 2. The van der Waals surface area contributed by atoms with E-state index in [2.05, 4.69) is 24.7 Å². The van der Waals surface area contributed by atoms with Crippen molar-refractivity contribution in [3.8, 4) is 17.2 Å². The number of carbonyl (C=O) groups is 2. The van der Waals surface area contributed by atoms with Crippen LogP contribution in [0, 0.1) is 0 Å². The molecule has 1 atom stereocenters. The van der Waals surface area contributed by atoms with Crippen LogP contribution < -0.4 is 25.1 Å². The van der Waals surface area contributed by atoms with Crippen LogP contribution in [0.5, 0.6) is 17.2 Å². The number of ether oxygens (including phenoxy) is 3. The van der Waals surface area contributed by atoms with Crippen LogP contribution in [0.2, 0.25) is 0 Å². The molecule has 0 aliphatic heterocycles. The number of hydrazine groups is 1. The summed E-state index contributed by atoms with van der Waals surface area (Å²) in [6, 6.07) is 12.3. The summed E-state index contributed by atoms with van der Waals surface area (Å²) in [6.07, 6.45) is -0.782. The van der Waals surface area contributed by atoms with E-state index in [9.17, 15) is 9.59 Å². The molecule has 0 aliphatic rings. The summed E-state index contributed by atoms with van der Waals surface area (Å²) >= 11 is 0. The first-order valence-electron chi connectivity index (χ1n) is 8.94. The molecule has 0 heterocycles. The van der Waals surface area contributed by atoms with Gasteiger partial charge in [0.25, 0.3) is 11.8 Å². The largest absolute Gasteiger partial charge is 0.493 e. The van der Waals surface area contributed by atoms with Crippen molar-refractivity contribution in [1.29, 1.82) is 0 Å².